The molecule has 3 amide bonds. The van der Waals surface area contributed by atoms with Crippen molar-refractivity contribution in [1.29, 1.82) is 0 Å². The molecule has 1 aromatic heterocycles. The fourth-order valence-electron chi connectivity index (χ4n) is 2.58. The lowest BCUT2D eigenvalue weighted by molar-refractivity contribution is -0.139. The van der Waals surface area contributed by atoms with Gasteiger partial charge in [-0.25, -0.2) is 9.48 Å². The van der Waals surface area contributed by atoms with Crippen molar-refractivity contribution in [2.24, 2.45) is 0 Å². The first-order valence-corrected chi connectivity index (χ1v) is 8.55. The van der Waals surface area contributed by atoms with Crippen LogP contribution in [0, 0.1) is 0 Å². The molecule has 3 rings (SSSR count). The lowest BCUT2D eigenvalue weighted by Gasteiger charge is -2.12. The first kappa shape index (κ1) is 19.6. The van der Waals surface area contributed by atoms with Crippen LogP contribution < -0.4 is 16.2 Å². The van der Waals surface area contributed by atoms with E-state index in [9.17, 15) is 27.6 Å². The van der Waals surface area contributed by atoms with Crippen LogP contribution in [0.2, 0.25) is 0 Å². The van der Waals surface area contributed by atoms with Gasteiger partial charge in [0.2, 0.25) is 5.91 Å². The molecule has 0 saturated heterocycles. The summed E-state index contributed by atoms with van der Waals surface area (Å²) in [6, 6.07) is 8.83. The van der Waals surface area contributed by atoms with Crippen LogP contribution in [0.4, 0.5) is 18.0 Å². The van der Waals surface area contributed by atoms with Crippen LogP contribution in [0.25, 0.3) is 0 Å². The van der Waals surface area contributed by atoms with E-state index in [-0.39, 0.29) is 18.2 Å². The maximum absolute atomic E-state index is 13.1. The highest BCUT2D eigenvalue weighted by Gasteiger charge is 2.37. The lowest BCUT2D eigenvalue weighted by Crippen LogP contribution is -2.43. The van der Waals surface area contributed by atoms with Crippen molar-refractivity contribution >= 4 is 11.9 Å². The second-order valence-corrected chi connectivity index (χ2v) is 6.43. The standard InChI is InChI=1S/C18H17F3N4O3/c19-18(20,21)13-8-14(12-6-7-12)24-25(16(13)27)10-15(26)23-17(28)22-9-11-4-2-1-3-5-11/h1-5,8,12H,6-7,9-10H2,(H2,22,23,26,28). The second kappa shape index (κ2) is 7.83. The SMILES string of the molecule is O=C(Cn1nc(C2CC2)cc(C(F)(F)F)c1=O)NC(=O)NCc1ccccc1. The zero-order valence-corrected chi connectivity index (χ0v) is 14.6. The van der Waals surface area contributed by atoms with Crippen LogP contribution in [0.3, 0.4) is 0 Å². The summed E-state index contributed by atoms with van der Waals surface area (Å²) in [5.74, 6) is -1.09. The summed E-state index contributed by atoms with van der Waals surface area (Å²) < 4.78 is 39.7. The Bertz CT molecular complexity index is 937. The van der Waals surface area contributed by atoms with Gasteiger partial charge >= 0.3 is 12.2 Å². The first-order valence-electron chi connectivity index (χ1n) is 8.55. The molecule has 0 spiro atoms. The van der Waals surface area contributed by atoms with Gasteiger partial charge in [0.15, 0.2) is 0 Å². The predicted molar refractivity (Wildman–Crippen MR) is 92.3 cm³/mol. The van der Waals surface area contributed by atoms with Gasteiger partial charge in [0, 0.05) is 12.5 Å². The molecule has 0 atom stereocenters. The van der Waals surface area contributed by atoms with Crippen LogP contribution in [0.15, 0.2) is 41.2 Å². The monoisotopic (exact) mass is 394 g/mol. The van der Waals surface area contributed by atoms with Gasteiger partial charge in [-0.3, -0.25) is 14.9 Å². The number of aromatic nitrogens is 2. The Morgan fingerprint density at radius 3 is 2.46 bits per heavy atom. The molecule has 0 aliphatic heterocycles. The Kier molecular flexibility index (Phi) is 5.48. The molecule has 1 aromatic carbocycles. The summed E-state index contributed by atoms with van der Waals surface area (Å²) in [6.45, 7) is -0.630. The number of nitrogens with one attached hydrogen (secondary N) is 2. The van der Waals surface area contributed by atoms with Crippen LogP contribution in [-0.2, 0) is 24.1 Å². The number of carbonyl (C=O) groups excluding carboxylic acids is 2. The van der Waals surface area contributed by atoms with Gasteiger partial charge in [-0.2, -0.15) is 18.3 Å². The van der Waals surface area contributed by atoms with Crippen molar-refractivity contribution in [3.8, 4) is 0 Å². The smallest absolute Gasteiger partial charge is 0.334 e. The maximum atomic E-state index is 13.1. The third-order valence-electron chi connectivity index (χ3n) is 4.14. The minimum absolute atomic E-state index is 0.119. The zero-order chi connectivity index (χ0) is 20.3. The van der Waals surface area contributed by atoms with E-state index >= 15 is 0 Å². The van der Waals surface area contributed by atoms with Gasteiger partial charge in [-0.05, 0) is 24.5 Å². The average molecular weight is 394 g/mol. The number of carbonyl (C=O) groups is 2. The Balaban J connectivity index is 1.67. The van der Waals surface area contributed by atoms with E-state index in [0.29, 0.717) is 17.5 Å². The molecule has 0 unspecified atom stereocenters. The minimum Gasteiger partial charge on any atom is -0.334 e. The van der Waals surface area contributed by atoms with E-state index in [0.717, 1.165) is 11.6 Å². The summed E-state index contributed by atoms with van der Waals surface area (Å²) in [6.07, 6.45) is -3.50. The highest BCUT2D eigenvalue weighted by Crippen LogP contribution is 2.40. The molecular formula is C18H17F3N4O3. The number of amides is 3. The van der Waals surface area contributed by atoms with E-state index in [1.807, 2.05) is 11.4 Å². The van der Waals surface area contributed by atoms with E-state index in [1.165, 1.54) is 0 Å². The molecular weight excluding hydrogens is 377 g/mol. The normalized spacial score (nSPS) is 13.8. The molecule has 7 nitrogen and oxygen atoms in total. The molecule has 0 radical (unpaired) electrons. The van der Waals surface area contributed by atoms with Gasteiger partial charge < -0.3 is 5.32 Å². The van der Waals surface area contributed by atoms with Crippen LogP contribution >= 0.6 is 0 Å². The Morgan fingerprint density at radius 1 is 1.18 bits per heavy atom. The zero-order valence-electron chi connectivity index (χ0n) is 14.6. The summed E-state index contributed by atoms with van der Waals surface area (Å²) >= 11 is 0. The molecule has 2 N–H and O–H groups in total. The number of hydrogen-bond acceptors (Lipinski definition) is 4. The van der Waals surface area contributed by atoms with Gasteiger partial charge in [0.25, 0.3) is 5.56 Å². The number of alkyl halides is 3. The average Bonchev–Trinajstić information content (AvgIpc) is 3.46. The summed E-state index contributed by atoms with van der Waals surface area (Å²) in [4.78, 5) is 35.8. The molecule has 1 saturated carbocycles. The van der Waals surface area contributed by atoms with Gasteiger partial charge in [-0.15, -0.1) is 0 Å². The van der Waals surface area contributed by atoms with Crippen LogP contribution in [0.1, 0.15) is 35.6 Å². The Hall–Kier alpha value is -3.17. The van der Waals surface area contributed by atoms with Crippen molar-refractivity contribution in [1.82, 2.24) is 20.4 Å². The molecule has 1 aliphatic carbocycles. The largest absolute Gasteiger partial charge is 0.421 e. The van der Waals surface area contributed by atoms with Crippen molar-refractivity contribution in [3.05, 3.63) is 63.6 Å². The maximum Gasteiger partial charge on any atom is 0.421 e. The third kappa shape index (κ3) is 4.96. The molecule has 1 aliphatic rings. The first-order chi connectivity index (χ1) is 13.2. The number of imide groups is 1. The summed E-state index contributed by atoms with van der Waals surface area (Å²) in [7, 11) is 0. The predicted octanol–water partition coefficient (Wildman–Crippen LogP) is 2.17. The quantitative estimate of drug-likeness (QED) is 0.813. The molecule has 1 fully saturated rings. The van der Waals surface area contributed by atoms with Crippen molar-refractivity contribution in [3.63, 3.8) is 0 Å². The summed E-state index contributed by atoms with van der Waals surface area (Å²) in [5.41, 5.74) is -1.87. The van der Waals surface area contributed by atoms with Gasteiger partial charge in [0.05, 0.1) is 5.69 Å². The number of rotatable bonds is 5. The number of hydrogen-bond donors (Lipinski definition) is 2. The van der Waals surface area contributed by atoms with Crippen molar-refractivity contribution in [2.75, 3.05) is 0 Å². The van der Waals surface area contributed by atoms with Gasteiger partial charge in [0.1, 0.15) is 12.1 Å². The van der Waals surface area contributed by atoms with Crippen LogP contribution in [-0.4, -0.2) is 21.7 Å². The second-order valence-electron chi connectivity index (χ2n) is 6.43. The van der Waals surface area contributed by atoms with E-state index < -0.39 is 35.8 Å². The van der Waals surface area contributed by atoms with E-state index in [2.05, 4.69) is 10.4 Å². The number of nitrogens with zero attached hydrogens (tertiary/aromatic N) is 2. The lowest BCUT2D eigenvalue weighted by atomic mass is 10.2. The third-order valence-corrected chi connectivity index (χ3v) is 4.14. The molecule has 1 heterocycles. The number of benzene rings is 1. The fraction of sp³-hybridized carbons (Fsp3) is 0.333. The van der Waals surface area contributed by atoms with Crippen molar-refractivity contribution < 1.29 is 22.8 Å². The van der Waals surface area contributed by atoms with Crippen LogP contribution in [0.5, 0.6) is 0 Å². The molecule has 0 bridgehead atoms. The Labute approximate surface area is 157 Å². The van der Waals surface area contributed by atoms with E-state index in [4.69, 9.17) is 0 Å². The summed E-state index contributed by atoms with van der Waals surface area (Å²) in [5, 5.41) is 8.29. The fourth-order valence-corrected chi connectivity index (χ4v) is 2.58. The van der Waals surface area contributed by atoms with Crippen molar-refractivity contribution in [2.45, 2.75) is 38.0 Å². The molecule has 2 aromatic rings. The highest BCUT2D eigenvalue weighted by molar-refractivity contribution is 5.94. The topological polar surface area (TPSA) is 93.1 Å². The number of urea groups is 1. The molecule has 10 heteroatoms. The number of halogens is 3. The molecule has 148 valence electrons. The molecule has 28 heavy (non-hydrogen) atoms. The highest BCUT2D eigenvalue weighted by atomic mass is 19.4. The minimum atomic E-state index is -4.85. The Morgan fingerprint density at radius 2 is 1.86 bits per heavy atom. The van der Waals surface area contributed by atoms with E-state index in [1.54, 1.807) is 24.3 Å². The van der Waals surface area contributed by atoms with Gasteiger partial charge in [-0.1, -0.05) is 30.3 Å².